The summed E-state index contributed by atoms with van der Waals surface area (Å²) in [5.41, 5.74) is 5.69. The average Bonchev–Trinajstić information content (AvgIpc) is 3.20. The van der Waals surface area contributed by atoms with E-state index in [0.29, 0.717) is 32.2 Å². The summed E-state index contributed by atoms with van der Waals surface area (Å²) >= 11 is 0. The number of hydrogen-bond donors (Lipinski definition) is 13. The number of amides is 3. The topological polar surface area (TPSA) is 368 Å². The lowest BCUT2D eigenvalue weighted by Crippen LogP contribution is -2.68. The number of ketones is 1. The van der Waals surface area contributed by atoms with E-state index in [4.69, 9.17) is 34.2 Å². The zero-order valence-corrected chi connectivity index (χ0v) is 33.3. The molecule has 23 nitrogen and oxygen atoms in total. The van der Waals surface area contributed by atoms with Gasteiger partial charge in [-0.05, 0) is 45.4 Å². The van der Waals surface area contributed by atoms with Gasteiger partial charge in [-0.15, -0.1) is 0 Å². The van der Waals surface area contributed by atoms with Gasteiger partial charge in [0.15, 0.2) is 18.9 Å². The Bertz CT molecular complexity index is 1300. The molecule has 0 bridgehead atoms. The van der Waals surface area contributed by atoms with Crippen LogP contribution in [0.4, 0.5) is 0 Å². The summed E-state index contributed by atoms with van der Waals surface area (Å²) < 4.78 is 34.0. The molecule has 3 amide bonds. The predicted molar refractivity (Wildman–Crippen MR) is 198 cm³/mol. The molecule has 0 saturated carbocycles. The molecule has 14 N–H and O–H groups in total. The van der Waals surface area contributed by atoms with Crippen molar-refractivity contribution < 1.29 is 93.6 Å². The highest BCUT2D eigenvalue weighted by atomic mass is 16.8. The van der Waals surface area contributed by atoms with Gasteiger partial charge in [0.05, 0.1) is 32.5 Å². The smallest absolute Gasteiger partial charge is 0.219 e. The number of unbranched alkanes of at least 4 members (excludes halogenated alkanes) is 2. The number of nitrogens with one attached hydrogen (secondary N) is 3. The molecule has 6 unspecified atom stereocenters. The van der Waals surface area contributed by atoms with Gasteiger partial charge in [0.1, 0.15) is 79.0 Å². The van der Waals surface area contributed by atoms with Crippen molar-refractivity contribution in [1.82, 2.24) is 16.0 Å². The van der Waals surface area contributed by atoms with E-state index < -0.39 is 124 Å². The monoisotopic (exact) mass is 856 g/mol. The quantitative estimate of drug-likeness (QED) is 0.0402. The van der Waals surface area contributed by atoms with Crippen molar-refractivity contribution in [3.8, 4) is 0 Å². The zero-order valence-electron chi connectivity index (χ0n) is 33.3. The van der Waals surface area contributed by atoms with Crippen molar-refractivity contribution in [3.05, 3.63) is 0 Å². The fourth-order valence-electron chi connectivity index (χ4n) is 6.75. The first-order chi connectivity index (χ1) is 28.0. The molecule has 0 radical (unpaired) electrons. The third kappa shape index (κ3) is 15.1. The summed E-state index contributed by atoms with van der Waals surface area (Å²) in [5.74, 6) is -1.04. The first kappa shape index (κ1) is 50.8. The van der Waals surface area contributed by atoms with E-state index in [1.807, 2.05) is 0 Å². The fourth-order valence-corrected chi connectivity index (χ4v) is 6.75. The van der Waals surface area contributed by atoms with E-state index >= 15 is 0 Å². The number of carbonyl (C=O) groups excluding carboxylic acids is 4. The zero-order chi connectivity index (χ0) is 43.8. The number of aliphatic hydroxyl groups is 9. The number of carbonyl (C=O) groups is 4. The van der Waals surface area contributed by atoms with E-state index in [2.05, 4.69) is 16.0 Å². The second-order valence-electron chi connectivity index (χ2n) is 14.9. The van der Waals surface area contributed by atoms with Crippen LogP contribution in [0.25, 0.3) is 0 Å². The Morgan fingerprint density at radius 2 is 1.14 bits per heavy atom. The number of aliphatic hydroxyl groups excluding tert-OH is 9. The Morgan fingerprint density at radius 3 is 1.69 bits per heavy atom. The molecule has 23 heteroatoms. The van der Waals surface area contributed by atoms with Crippen LogP contribution in [-0.4, -0.2) is 207 Å². The third-order valence-corrected chi connectivity index (χ3v) is 10.2. The molecule has 3 saturated heterocycles. The molecule has 3 fully saturated rings. The van der Waals surface area contributed by atoms with E-state index in [-0.39, 0.29) is 50.0 Å². The summed E-state index contributed by atoms with van der Waals surface area (Å²) in [6, 6.07) is -1.79. The highest BCUT2D eigenvalue weighted by Crippen LogP contribution is 2.33. The van der Waals surface area contributed by atoms with E-state index in [9.17, 15) is 65.1 Å². The molecule has 0 spiro atoms. The Morgan fingerprint density at radius 1 is 0.610 bits per heavy atom. The van der Waals surface area contributed by atoms with Crippen molar-refractivity contribution in [3.63, 3.8) is 0 Å². The highest BCUT2D eigenvalue weighted by molar-refractivity contribution is 5.81. The molecule has 0 aliphatic carbocycles. The molecular formula is C36H64N4O19. The van der Waals surface area contributed by atoms with Gasteiger partial charge < -0.3 is 96.1 Å². The van der Waals surface area contributed by atoms with Crippen LogP contribution in [0.3, 0.4) is 0 Å². The maximum absolute atomic E-state index is 12.3. The predicted octanol–water partition coefficient (Wildman–Crippen LogP) is -6.14. The first-order valence-electron chi connectivity index (χ1n) is 19.9. The second kappa shape index (κ2) is 25.4. The molecule has 3 aliphatic rings. The van der Waals surface area contributed by atoms with Crippen LogP contribution in [0, 0.1) is 0 Å². The van der Waals surface area contributed by atoms with E-state index in [1.165, 1.54) is 13.8 Å². The van der Waals surface area contributed by atoms with Crippen LogP contribution < -0.4 is 21.7 Å². The second-order valence-corrected chi connectivity index (χ2v) is 14.9. The summed E-state index contributed by atoms with van der Waals surface area (Å²) in [7, 11) is 0. The number of rotatable bonds is 24. The lowest BCUT2D eigenvalue weighted by Gasteiger charge is -2.48. The Hall–Kier alpha value is -2.56. The van der Waals surface area contributed by atoms with E-state index in [0.717, 1.165) is 6.42 Å². The van der Waals surface area contributed by atoms with Crippen LogP contribution in [0.1, 0.15) is 65.2 Å². The van der Waals surface area contributed by atoms with Crippen molar-refractivity contribution in [1.29, 1.82) is 0 Å². The summed E-state index contributed by atoms with van der Waals surface area (Å²) in [4.78, 5) is 47.7. The summed E-state index contributed by atoms with van der Waals surface area (Å²) in [6.45, 7) is 0.842. The molecule has 342 valence electrons. The van der Waals surface area contributed by atoms with Gasteiger partial charge in [-0.1, -0.05) is 0 Å². The summed E-state index contributed by atoms with van der Waals surface area (Å²) in [5, 5.41) is 102. The molecule has 3 aliphatic heterocycles. The first-order valence-corrected chi connectivity index (χ1v) is 19.9. The standard InChI is InChI=1S/C36H64N4O19/c1-17(44)19(37)8-5-6-11-38-23(46)9-3-4-10-24(47)39-12-7-13-54-34-25(40-18(2)45)28(50)32(22(16-43)57-34)58-36-31(53)33(27(49)21(15-42)56-36)59-35-30(52)29(51)26(48)20(14-41)55-35/h19-22,25-36,41-43,48-53H,3-16,37H2,1-2H3,(H,38,46)(H,39,47)(H,40,45)/t19-,20?,21?,22?,25?,26-,27-,28+,29?,30-,31?,32+,33-,34+,35+,36-/m0/s1. The third-order valence-electron chi connectivity index (χ3n) is 10.2. The minimum absolute atomic E-state index is 0.0320. The van der Waals surface area contributed by atoms with Gasteiger partial charge >= 0.3 is 0 Å². The average molecular weight is 857 g/mol. The van der Waals surface area contributed by atoms with Gasteiger partial charge in [0.2, 0.25) is 17.7 Å². The number of Topliss-reactive ketones (excluding diaryl/α,β-unsaturated/α-hetero) is 1. The number of hydrogen-bond acceptors (Lipinski definition) is 20. The van der Waals surface area contributed by atoms with Crippen molar-refractivity contribution in [2.24, 2.45) is 5.73 Å². The van der Waals surface area contributed by atoms with Crippen LogP contribution in [0.5, 0.6) is 0 Å². The minimum Gasteiger partial charge on any atom is -0.394 e. The number of ether oxygens (including phenoxy) is 6. The molecular weight excluding hydrogens is 792 g/mol. The van der Waals surface area contributed by atoms with Gasteiger partial charge in [-0.2, -0.15) is 0 Å². The Labute approximate surface area is 341 Å². The van der Waals surface area contributed by atoms with Crippen LogP contribution in [-0.2, 0) is 47.6 Å². The highest BCUT2D eigenvalue weighted by Gasteiger charge is 2.54. The lowest BCUT2D eigenvalue weighted by molar-refractivity contribution is -0.376. The molecule has 0 aromatic heterocycles. The number of nitrogens with two attached hydrogens (primary N) is 1. The lowest BCUT2D eigenvalue weighted by atomic mass is 9.95. The van der Waals surface area contributed by atoms with Gasteiger partial charge in [0.25, 0.3) is 0 Å². The maximum Gasteiger partial charge on any atom is 0.219 e. The van der Waals surface area contributed by atoms with Crippen molar-refractivity contribution >= 4 is 23.5 Å². The van der Waals surface area contributed by atoms with E-state index in [1.54, 1.807) is 0 Å². The molecule has 0 aromatic carbocycles. The van der Waals surface area contributed by atoms with Crippen molar-refractivity contribution in [2.75, 3.05) is 39.5 Å². The molecule has 3 heterocycles. The Kier molecular flexibility index (Phi) is 21.9. The minimum atomic E-state index is -1.96. The van der Waals surface area contributed by atoms with Gasteiger partial charge in [0, 0.05) is 32.9 Å². The molecule has 3 rings (SSSR count). The fraction of sp³-hybridized carbons (Fsp3) is 0.889. The van der Waals surface area contributed by atoms with Gasteiger partial charge in [-0.3, -0.25) is 19.2 Å². The van der Waals surface area contributed by atoms with Crippen LogP contribution in [0.2, 0.25) is 0 Å². The molecule has 16 atom stereocenters. The summed E-state index contributed by atoms with van der Waals surface area (Å²) in [6.07, 6.45) is -19.7. The van der Waals surface area contributed by atoms with Crippen LogP contribution in [0.15, 0.2) is 0 Å². The largest absolute Gasteiger partial charge is 0.394 e. The van der Waals surface area contributed by atoms with Gasteiger partial charge in [-0.25, -0.2) is 0 Å². The molecule has 59 heavy (non-hydrogen) atoms. The SMILES string of the molecule is CC(=O)NC1[C@H](OCCCNC(=O)CCCCC(=O)NCCCC[C@H](N)C(C)=O)OC(CO)[C@@H](O[C@@H]2OC(CO)[C@H](O)[C@H](O[C@H]3OC(CO)[C@H](O)C(O)[C@@H]3O)C2O)[C@@H]1O. The Balaban J connectivity index is 1.48. The maximum atomic E-state index is 12.3. The normalized spacial score (nSPS) is 35.4. The molecule has 0 aromatic rings. The van der Waals surface area contributed by atoms with Crippen molar-refractivity contribution in [2.45, 2.75) is 163 Å². The van der Waals surface area contributed by atoms with Crippen LogP contribution >= 0.6 is 0 Å².